The Morgan fingerprint density at radius 2 is 1.81 bits per heavy atom. The molecule has 0 bridgehead atoms. The third-order valence-corrected chi connectivity index (χ3v) is 6.69. The monoisotopic (exact) mass is 507 g/mol. The van der Waals surface area contributed by atoms with E-state index in [1.807, 2.05) is 53.0 Å². The van der Waals surface area contributed by atoms with Crippen LogP contribution in [0.15, 0.2) is 66.9 Å². The average Bonchev–Trinajstić information content (AvgIpc) is 3.32. The van der Waals surface area contributed by atoms with Gasteiger partial charge in [-0.25, -0.2) is 18.4 Å². The number of aliphatic hydroxyl groups is 1. The van der Waals surface area contributed by atoms with Crippen molar-refractivity contribution in [3.05, 3.63) is 72.4 Å². The lowest BCUT2D eigenvalue weighted by molar-refractivity contribution is 0.189. The molecule has 2 aromatic heterocycles. The van der Waals surface area contributed by atoms with Crippen molar-refractivity contribution in [1.82, 2.24) is 24.2 Å². The van der Waals surface area contributed by atoms with Crippen molar-refractivity contribution in [3.63, 3.8) is 0 Å². The molecule has 1 aliphatic rings. The molecule has 1 unspecified atom stereocenters. The van der Waals surface area contributed by atoms with E-state index in [4.69, 9.17) is 14.8 Å². The fourth-order valence-electron chi connectivity index (χ4n) is 4.42. The van der Waals surface area contributed by atoms with E-state index >= 15 is 0 Å². The average molecular weight is 508 g/mol. The third kappa shape index (κ3) is 5.72. The van der Waals surface area contributed by atoms with E-state index in [-0.39, 0.29) is 13.2 Å². The number of aliphatic hydroxyl groups excluding tert-OH is 1. The van der Waals surface area contributed by atoms with E-state index in [1.165, 1.54) is 5.69 Å². The number of hydrogen-bond acceptors (Lipinski definition) is 7. The molecule has 4 N–H and O–H groups in total. The number of aromatic nitrogens is 3. The lowest BCUT2D eigenvalue weighted by Gasteiger charge is -2.35. The quantitative estimate of drug-likeness (QED) is 0.255. The van der Waals surface area contributed by atoms with Crippen LogP contribution in [0, 0.1) is 0 Å². The number of fused-ring (bicyclic) bond motifs is 1. The van der Waals surface area contributed by atoms with Crippen molar-refractivity contribution in [2.24, 2.45) is 0 Å². The number of β-amino-alcohol motifs (C(OH)–C–C–N with tert-alkyl or cyclic N) is 1. The van der Waals surface area contributed by atoms with Gasteiger partial charge in [-0.1, -0.05) is 18.2 Å². The molecule has 1 saturated heterocycles. The third-order valence-electron chi connectivity index (χ3n) is 6.30. The zero-order chi connectivity index (χ0) is 24.9. The van der Waals surface area contributed by atoms with Crippen LogP contribution in [0.3, 0.4) is 0 Å². The minimum absolute atomic E-state index is 0.205. The van der Waals surface area contributed by atoms with Crippen LogP contribution in [-0.2, 0) is 17.8 Å². The first-order chi connectivity index (χ1) is 17.6. The molecule has 1 atom stereocenters. The summed E-state index contributed by atoms with van der Waals surface area (Å²) < 4.78 is 24.3. The summed E-state index contributed by atoms with van der Waals surface area (Å²) in [5.74, 6) is 0.485. The van der Waals surface area contributed by atoms with Gasteiger partial charge in [-0.2, -0.15) is 0 Å². The SMILES string of the molecule is O=S(O)NCc1cccc(-c2ccc3cnc(Nc4ccc(N5CCN(CCO)CC5)cc4)nn23)c1. The van der Waals surface area contributed by atoms with Gasteiger partial charge < -0.3 is 15.3 Å². The van der Waals surface area contributed by atoms with Crippen LogP contribution in [0.2, 0.25) is 0 Å². The van der Waals surface area contributed by atoms with Gasteiger partial charge in [-0.3, -0.25) is 9.45 Å². The number of hydrogen-bond donors (Lipinski definition) is 4. The second-order valence-corrected chi connectivity index (χ2v) is 9.42. The normalized spacial score (nSPS) is 15.3. The van der Waals surface area contributed by atoms with Gasteiger partial charge in [-0.05, 0) is 48.0 Å². The van der Waals surface area contributed by atoms with Gasteiger partial charge in [0, 0.05) is 56.2 Å². The maximum atomic E-state index is 10.9. The predicted molar refractivity (Wildman–Crippen MR) is 141 cm³/mol. The van der Waals surface area contributed by atoms with Crippen molar-refractivity contribution in [3.8, 4) is 11.3 Å². The Hall–Kier alpha value is -3.35. The predicted octanol–water partition coefficient (Wildman–Crippen LogP) is 2.48. The summed E-state index contributed by atoms with van der Waals surface area (Å²) in [7, 11) is 0. The van der Waals surface area contributed by atoms with Crippen LogP contribution >= 0.6 is 0 Å². The fraction of sp³-hybridized carbons (Fsp3) is 0.280. The van der Waals surface area contributed by atoms with Crippen molar-refractivity contribution < 1.29 is 13.9 Å². The van der Waals surface area contributed by atoms with E-state index in [0.717, 1.165) is 60.7 Å². The number of anilines is 3. The van der Waals surface area contributed by atoms with Crippen molar-refractivity contribution >= 4 is 34.1 Å². The lowest BCUT2D eigenvalue weighted by atomic mass is 10.1. The number of rotatable bonds is 9. The van der Waals surface area contributed by atoms with Crippen LogP contribution in [-0.4, -0.2) is 72.7 Å². The Labute approximate surface area is 212 Å². The molecule has 5 rings (SSSR count). The van der Waals surface area contributed by atoms with E-state index in [2.05, 4.69) is 37.0 Å². The highest BCUT2D eigenvalue weighted by Crippen LogP contribution is 2.25. The van der Waals surface area contributed by atoms with Crippen LogP contribution in [0.25, 0.3) is 16.8 Å². The molecule has 0 amide bonds. The van der Waals surface area contributed by atoms with Crippen molar-refractivity contribution in [2.45, 2.75) is 6.54 Å². The molecule has 0 radical (unpaired) electrons. The van der Waals surface area contributed by atoms with Crippen LogP contribution in [0.4, 0.5) is 17.3 Å². The minimum Gasteiger partial charge on any atom is -0.395 e. The number of benzene rings is 2. The summed E-state index contributed by atoms with van der Waals surface area (Å²) in [5, 5.41) is 17.1. The molecule has 2 aromatic carbocycles. The summed E-state index contributed by atoms with van der Waals surface area (Å²) in [4.78, 5) is 9.10. The second kappa shape index (κ2) is 11.1. The summed E-state index contributed by atoms with van der Waals surface area (Å²) in [5.41, 5.74) is 5.69. The van der Waals surface area contributed by atoms with Gasteiger partial charge in [0.25, 0.3) is 0 Å². The first kappa shape index (κ1) is 24.3. The Morgan fingerprint density at radius 3 is 2.56 bits per heavy atom. The summed E-state index contributed by atoms with van der Waals surface area (Å²) in [6.45, 7) is 5.02. The molecule has 1 aliphatic heterocycles. The second-order valence-electron chi connectivity index (χ2n) is 8.63. The van der Waals surface area contributed by atoms with Gasteiger partial charge >= 0.3 is 0 Å². The molecule has 0 aliphatic carbocycles. The van der Waals surface area contributed by atoms with Gasteiger partial charge in [0.15, 0.2) is 0 Å². The van der Waals surface area contributed by atoms with Crippen LogP contribution < -0.4 is 14.9 Å². The molecule has 11 heteroatoms. The zero-order valence-electron chi connectivity index (χ0n) is 19.7. The molecule has 3 heterocycles. The first-order valence-corrected chi connectivity index (χ1v) is 12.9. The summed E-state index contributed by atoms with van der Waals surface area (Å²) >= 11 is -2.06. The summed E-state index contributed by atoms with van der Waals surface area (Å²) in [6, 6.07) is 20.0. The van der Waals surface area contributed by atoms with Crippen molar-refractivity contribution in [1.29, 1.82) is 0 Å². The molecule has 4 aromatic rings. The molecule has 1 fully saturated rings. The molecule has 10 nitrogen and oxygen atoms in total. The Kier molecular flexibility index (Phi) is 7.54. The molecule has 0 spiro atoms. The van der Waals surface area contributed by atoms with Gasteiger partial charge in [0.1, 0.15) is 0 Å². The highest BCUT2D eigenvalue weighted by atomic mass is 32.2. The van der Waals surface area contributed by atoms with E-state index in [9.17, 15) is 4.21 Å². The molecular formula is C25H29N7O3S. The molecule has 36 heavy (non-hydrogen) atoms. The topological polar surface area (TPSA) is 118 Å². The fourth-order valence-corrected chi connectivity index (χ4v) is 4.71. The van der Waals surface area contributed by atoms with E-state index < -0.39 is 11.3 Å². The Morgan fingerprint density at radius 1 is 1.00 bits per heavy atom. The number of piperazine rings is 1. The summed E-state index contributed by atoms with van der Waals surface area (Å²) in [6.07, 6.45) is 1.78. The lowest BCUT2D eigenvalue weighted by Crippen LogP contribution is -2.47. The molecular weight excluding hydrogens is 478 g/mol. The highest BCUT2D eigenvalue weighted by molar-refractivity contribution is 7.77. The Balaban J connectivity index is 1.30. The van der Waals surface area contributed by atoms with Crippen LogP contribution in [0.5, 0.6) is 0 Å². The maximum Gasteiger partial charge on any atom is 0.245 e. The van der Waals surface area contributed by atoms with Gasteiger partial charge in [-0.15, -0.1) is 5.10 Å². The first-order valence-electron chi connectivity index (χ1n) is 11.8. The number of nitrogens with one attached hydrogen (secondary N) is 2. The largest absolute Gasteiger partial charge is 0.395 e. The smallest absolute Gasteiger partial charge is 0.245 e. The van der Waals surface area contributed by atoms with Crippen molar-refractivity contribution in [2.75, 3.05) is 49.5 Å². The zero-order valence-corrected chi connectivity index (χ0v) is 20.6. The van der Waals surface area contributed by atoms with E-state index in [0.29, 0.717) is 5.95 Å². The molecule has 188 valence electrons. The standard InChI is InChI=1S/C25H29N7O3S/c33-15-14-30-10-12-31(13-11-30)22-6-4-21(5-7-22)28-25-26-18-23-8-9-24(32(23)29-25)20-3-1-2-19(16-20)17-27-36(34)35/h1-9,16,18,27,33H,10-15,17H2,(H,28,29)(H,34,35). The van der Waals surface area contributed by atoms with Gasteiger partial charge in [0.05, 0.1) is 24.0 Å². The molecule has 0 saturated carbocycles. The van der Waals surface area contributed by atoms with Gasteiger partial charge in [0.2, 0.25) is 17.2 Å². The minimum atomic E-state index is -2.06. The number of nitrogens with zero attached hydrogens (tertiary/aromatic N) is 5. The van der Waals surface area contributed by atoms with Crippen LogP contribution in [0.1, 0.15) is 5.56 Å². The maximum absolute atomic E-state index is 10.9. The highest BCUT2D eigenvalue weighted by Gasteiger charge is 2.16. The Bertz CT molecular complexity index is 1340. The van der Waals surface area contributed by atoms with E-state index in [1.54, 1.807) is 6.20 Å².